The van der Waals surface area contributed by atoms with Gasteiger partial charge >= 0.3 is 0 Å². The Labute approximate surface area is 109 Å². The van der Waals surface area contributed by atoms with E-state index in [-0.39, 0.29) is 0 Å². The number of hydrogen-bond acceptors (Lipinski definition) is 4. The molecule has 0 aliphatic carbocycles. The zero-order valence-corrected chi connectivity index (χ0v) is 11.0. The van der Waals surface area contributed by atoms with E-state index >= 15 is 0 Å². The van der Waals surface area contributed by atoms with Gasteiger partial charge in [0.15, 0.2) is 0 Å². The quantitative estimate of drug-likeness (QED) is 0.835. The van der Waals surface area contributed by atoms with Crippen LogP contribution in [0.1, 0.15) is 18.2 Å². The van der Waals surface area contributed by atoms with E-state index < -0.39 is 0 Å². The molecule has 5 heteroatoms. The van der Waals surface area contributed by atoms with Crippen LogP contribution in [0.15, 0.2) is 24.3 Å². The van der Waals surface area contributed by atoms with Gasteiger partial charge in [0, 0.05) is 23.3 Å². The van der Waals surface area contributed by atoms with Crippen molar-refractivity contribution in [1.82, 2.24) is 9.59 Å². The van der Waals surface area contributed by atoms with E-state index in [0.717, 1.165) is 18.7 Å². The minimum absolute atomic E-state index is 0.491. The molecule has 3 nitrogen and oxygen atoms in total. The first-order valence-corrected chi connectivity index (χ1v) is 6.72. The number of para-hydroxylation sites is 1. The van der Waals surface area contributed by atoms with Crippen molar-refractivity contribution in [1.29, 1.82) is 0 Å². The van der Waals surface area contributed by atoms with Crippen LogP contribution in [-0.4, -0.2) is 15.6 Å². The summed E-state index contributed by atoms with van der Waals surface area (Å²) >= 11 is 7.31. The maximum absolute atomic E-state index is 6.06. The Kier molecular flexibility index (Phi) is 2.76. The molecule has 1 aromatic carbocycles. The van der Waals surface area contributed by atoms with Gasteiger partial charge in [-0.05, 0) is 25.0 Å². The molecule has 0 bridgehead atoms. The highest BCUT2D eigenvalue weighted by Crippen LogP contribution is 2.33. The molecule has 2 aromatic rings. The summed E-state index contributed by atoms with van der Waals surface area (Å²) < 4.78 is 4.57. The topological polar surface area (TPSA) is 29.0 Å². The van der Waals surface area contributed by atoms with Crippen LogP contribution in [0.25, 0.3) is 0 Å². The first-order chi connectivity index (χ1) is 8.25. The number of anilines is 1. The van der Waals surface area contributed by atoms with Gasteiger partial charge in [0.25, 0.3) is 0 Å². The van der Waals surface area contributed by atoms with Crippen molar-refractivity contribution in [2.24, 2.45) is 0 Å². The Bertz CT molecular complexity index is 540. The van der Waals surface area contributed by atoms with E-state index in [4.69, 9.17) is 11.6 Å². The highest BCUT2D eigenvalue weighted by atomic mass is 35.5. The van der Waals surface area contributed by atoms with E-state index in [1.807, 2.05) is 0 Å². The summed E-state index contributed by atoms with van der Waals surface area (Å²) in [5.41, 5.74) is 3.57. The molecule has 1 aliphatic heterocycles. The fraction of sp³-hybridized carbons (Fsp3) is 0.333. The third-order valence-corrected chi connectivity index (χ3v) is 4.16. The molecular weight excluding hydrogens is 254 g/mol. The van der Waals surface area contributed by atoms with Crippen molar-refractivity contribution < 1.29 is 0 Å². The van der Waals surface area contributed by atoms with Crippen molar-refractivity contribution in [3.05, 3.63) is 39.9 Å². The molecule has 2 heterocycles. The second-order valence-corrected chi connectivity index (χ2v) is 5.66. The van der Waals surface area contributed by atoms with Crippen molar-refractivity contribution in [3.63, 3.8) is 0 Å². The third-order valence-electron chi connectivity index (χ3n) is 3.18. The number of rotatable bonds is 2. The highest BCUT2D eigenvalue weighted by Gasteiger charge is 2.26. The number of hydrogen-bond donors (Lipinski definition) is 0. The number of benzene rings is 1. The number of nitrogens with zero attached hydrogens (tertiary/aromatic N) is 3. The van der Waals surface area contributed by atoms with E-state index in [9.17, 15) is 0 Å². The number of halogens is 1. The fourth-order valence-electron chi connectivity index (χ4n) is 2.32. The smallest absolute Gasteiger partial charge is 0.139 e. The number of fused-ring (bicyclic) bond motifs is 1. The van der Waals surface area contributed by atoms with Crippen LogP contribution in [0.4, 0.5) is 5.69 Å². The second-order valence-electron chi connectivity index (χ2n) is 4.30. The monoisotopic (exact) mass is 265 g/mol. The molecule has 0 spiro atoms. The Hall–Kier alpha value is -1.13. The molecule has 0 saturated heterocycles. The van der Waals surface area contributed by atoms with E-state index in [1.54, 1.807) is 0 Å². The Balaban J connectivity index is 1.91. The summed E-state index contributed by atoms with van der Waals surface area (Å²) in [4.78, 5) is 2.35. The van der Waals surface area contributed by atoms with Crippen LogP contribution in [0, 0.1) is 0 Å². The maximum atomic E-state index is 6.06. The molecule has 17 heavy (non-hydrogen) atoms. The summed E-state index contributed by atoms with van der Waals surface area (Å²) in [7, 11) is 0. The highest BCUT2D eigenvalue weighted by molar-refractivity contribution is 7.10. The largest absolute Gasteiger partial charge is 0.362 e. The predicted molar refractivity (Wildman–Crippen MR) is 70.7 cm³/mol. The molecule has 0 radical (unpaired) electrons. The first-order valence-electron chi connectivity index (χ1n) is 5.57. The van der Waals surface area contributed by atoms with Gasteiger partial charge in [-0.25, -0.2) is 0 Å². The van der Waals surface area contributed by atoms with E-state index in [2.05, 4.69) is 45.7 Å². The molecule has 1 aromatic heterocycles. The third kappa shape index (κ3) is 1.91. The maximum Gasteiger partial charge on any atom is 0.139 e. The molecule has 0 unspecified atom stereocenters. The van der Waals surface area contributed by atoms with Crippen molar-refractivity contribution in [2.75, 3.05) is 4.90 Å². The van der Waals surface area contributed by atoms with Crippen LogP contribution in [0.2, 0.25) is 4.34 Å². The molecule has 1 aliphatic rings. The fourth-order valence-corrected chi connectivity index (χ4v) is 2.94. The van der Waals surface area contributed by atoms with Crippen molar-refractivity contribution in [3.8, 4) is 0 Å². The molecule has 0 amide bonds. The van der Waals surface area contributed by atoms with Gasteiger partial charge < -0.3 is 4.90 Å². The lowest BCUT2D eigenvalue weighted by Gasteiger charge is -2.23. The minimum Gasteiger partial charge on any atom is -0.362 e. The first kappa shape index (κ1) is 11.0. The average molecular weight is 266 g/mol. The SMILES string of the molecule is C[C@@H]1Cc2ccccc2N1Cc1nnsc1Cl. The minimum atomic E-state index is 0.491. The summed E-state index contributed by atoms with van der Waals surface area (Å²) in [5.74, 6) is 0. The molecule has 0 saturated carbocycles. The van der Waals surface area contributed by atoms with Gasteiger partial charge in [0.2, 0.25) is 0 Å². The lowest BCUT2D eigenvalue weighted by atomic mass is 10.1. The standard InChI is InChI=1S/C12H12ClN3S/c1-8-6-9-4-2-3-5-11(9)16(8)7-10-12(13)17-15-14-10/h2-5,8H,6-7H2,1H3/t8-/m1/s1. The van der Waals surface area contributed by atoms with Crippen molar-refractivity contribution in [2.45, 2.75) is 25.9 Å². The zero-order valence-electron chi connectivity index (χ0n) is 9.43. The average Bonchev–Trinajstić information content (AvgIpc) is 2.85. The summed E-state index contributed by atoms with van der Waals surface area (Å²) in [6.07, 6.45) is 1.09. The summed E-state index contributed by atoms with van der Waals surface area (Å²) in [6.45, 7) is 2.97. The van der Waals surface area contributed by atoms with Crippen LogP contribution in [0.5, 0.6) is 0 Å². The zero-order chi connectivity index (χ0) is 11.8. The molecule has 88 valence electrons. The van der Waals surface area contributed by atoms with Crippen LogP contribution >= 0.6 is 23.1 Å². The van der Waals surface area contributed by atoms with Gasteiger partial charge in [-0.3, -0.25) is 0 Å². The van der Waals surface area contributed by atoms with Crippen LogP contribution < -0.4 is 4.90 Å². The van der Waals surface area contributed by atoms with Gasteiger partial charge in [0.1, 0.15) is 10.0 Å². The van der Waals surface area contributed by atoms with Gasteiger partial charge in [-0.1, -0.05) is 34.3 Å². The normalized spacial score (nSPS) is 18.5. The Morgan fingerprint density at radius 2 is 2.29 bits per heavy atom. The second kappa shape index (κ2) is 4.27. The summed E-state index contributed by atoms with van der Waals surface area (Å²) in [5, 5.41) is 4.08. The lowest BCUT2D eigenvalue weighted by Crippen LogP contribution is -2.28. The van der Waals surface area contributed by atoms with Crippen LogP contribution in [-0.2, 0) is 13.0 Å². The summed E-state index contributed by atoms with van der Waals surface area (Å²) in [6, 6.07) is 9.00. The Morgan fingerprint density at radius 1 is 1.47 bits per heavy atom. The number of aromatic nitrogens is 2. The molecule has 0 N–H and O–H groups in total. The van der Waals surface area contributed by atoms with E-state index in [1.165, 1.54) is 22.8 Å². The predicted octanol–water partition coefficient (Wildman–Crippen LogP) is 3.14. The lowest BCUT2D eigenvalue weighted by molar-refractivity contribution is 0.664. The Morgan fingerprint density at radius 3 is 3.06 bits per heavy atom. The van der Waals surface area contributed by atoms with Gasteiger partial charge in [-0.15, -0.1) is 5.10 Å². The van der Waals surface area contributed by atoms with E-state index in [0.29, 0.717) is 10.4 Å². The molecule has 0 fully saturated rings. The van der Waals surface area contributed by atoms with Gasteiger partial charge in [-0.2, -0.15) is 0 Å². The molecular formula is C12H12ClN3S. The van der Waals surface area contributed by atoms with Crippen molar-refractivity contribution >= 4 is 28.8 Å². The molecule has 3 rings (SSSR count). The van der Waals surface area contributed by atoms with Crippen LogP contribution in [0.3, 0.4) is 0 Å². The molecule has 1 atom stereocenters. The van der Waals surface area contributed by atoms with Gasteiger partial charge in [0.05, 0.1) is 6.54 Å².